The number of thioether (sulfide) groups is 1. The molecule has 1 amide bonds. The monoisotopic (exact) mass is 398 g/mol. The van der Waals surface area contributed by atoms with Crippen molar-refractivity contribution in [2.45, 2.75) is 24.1 Å². The number of halogens is 1. The van der Waals surface area contributed by atoms with E-state index in [2.05, 4.69) is 46.7 Å². The fraction of sp³-hybridized carbons (Fsp3) is 0.200. The van der Waals surface area contributed by atoms with Gasteiger partial charge in [-0.2, -0.15) is 0 Å². The Morgan fingerprint density at radius 1 is 1.30 bits per heavy atom. The van der Waals surface area contributed by atoms with Crippen LogP contribution in [0.2, 0.25) is 0 Å². The molecule has 2 aromatic rings. The first-order valence-corrected chi connectivity index (χ1v) is 8.20. The molecule has 0 aliphatic carbocycles. The van der Waals surface area contributed by atoms with Gasteiger partial charge in [-0.05, 0) is 52.9 Å². The number of hydrogen-bond acceptors (Lipinski definition) is 3. The van der Waals surface area contributed by atoms with E-state index < -0.39 is 0 Å². The summed E-state index contributed by atoms with van der Waals surface area (Å²) in [5.41, 5.74) is 1.41. The van der Waals surface area contributed by atoms with Crippen molar-refractivity contribution in [3.05, 3.63) is 51.7 Å². The summed E-state index contributed by atoms with van der Waals surface area (Å²) >= 11 is 3.82. The lowest BCUT2D eigenvalue weighted by Crippen LogP contribution is -2.14. The smallest absolute Gasteiger partial charge is 0.258 e. The molecule has 0 bridgehead atoms. The van der Waals surface area contributed by atoms with E-state index in [4.69, 9.17) is 0 Å². The third kappa shape index (κ3) is 4.21. The van der Waals surface area contributed by atoms with Crippen molar-refractivity contribution in [1.29, 1.82) is 0 Å². The molecule has 1 heterocycles. The van der Waals surface area contributed by atoms with Crippen LogP contribution in [-0.2, 0) is 0 Å². The molecule has 0 fully saturated rings. The first kappa shape index (κ1) is 15.3. The molecule has 104 valence electrons. The number of pyridine rings is 1. The number of aromatic nitrogens is 1. The van der Waals surface area contributed by atoms with Gasteiger partial charge in [-0.1, -0.05) is 19.9 Å². The number of carbonyl (C=O) groups excluding carboxylic acids is 1. The van der Waals surface area contributed by atoms with Crippen LogP contribution < -0.4 is 5.32 Å². The standard InChI is InChI=1S/C15H15IN2OS/c1-10(2)20-15-13(7-4-8-17-15)14(19)18-12-6-3-5-11(16)9-12/h3-10H,1-2H3,(H,18,19). The number of rotatable bonds is 4. The second kappa shape index (κ2) is 7.08. The van der Waals surface area contributed by atoms with Crippen LogP contribution >= 0.6 is 34.4 Å². The van der Waals surface area contributed by atoms with Crippen LogP contribution in [0.25, 0.3) is 0 Å². The quantitative estimate of drug-likeness (QED) is 0.612. The summed E-state index contributed by atoms with van der Waals surface area (Å²) in [4.78, 5) is 16.7. The Morgan fingerprint density at radius 2 is 2.10 bits per heavy atom. The average Bonchev–Trinajstić information content (AvgIpc) is 2.38. The molecule has 0 aliphatic heterocycles. The Bertz CT molecular complexity index is 616. The molecule has 2 rings (SSSR count). The second-order valence-electron chi connectivity index (χ2n) is 4.49. The molecule has 0 saturated carbocycles. The number of hydrogen-bond donors (Lipinski definition) is 1. The number of nitrogens with zero attached hydrogens (tertiary/aromatic N) is 1. The van der Waals surface area contributed by atoms with E-state index in [9.17, 15) is 4.79 Å². The van der Waals surface area contributed by atoms with Gasteiger partial charge in [-0.15, -0.1) is 11.8 Å². The number of anilines is 1. The van der Waals surface area contributed by atoms with Crippen LogP contribution in [0, 0.1) is 3.57 Å². The normalized spacial score (nSPS) is 10.6. The topological polar surface area (TPSA) is 42.0 Å². The molecule has 1 aromatic carbocycles. The number of amides is 1. The molecule has 20 heavy (non-hydrogen) atoms. The van der Waals surface area contributed by atoms with Gasteiger partial charge in [0.2, 0.25) is 0 Å². The van der Waals surface area contributed by atoms with E-state index in [1.165, 1.54) is 0 Å². The summed E-state index contributed by atoms with van der Waals surface area (Å²) in [5, 5.41) is 4.07. The zero-order valence-electron chi connectivity index (χ0n) is 11.3. The second-order valence-corrected chi connectivity index (χ2v) is 7.30. The average molecular weight is 398 g/mol. The highest BCUT2D eigenvalue weighted by atomic mass is 127. The minimum Gasteiger partial charge on any atom is -0.322 e. The molecular formula is C15H15IN2OS. The fourth-order valence-electron chi connectivity index (χ4n) is 1.65. The zero-order chi connectivity index (χ0) is 14.5. The molecule has 1 N–H and O–H groups in total. The zero-order valence-corrected chi connectivity index (χ0v) is 14.2. The van der Waals surface area contributed by atoms with Crippen molar-refractivity contribution >= 4 is 45.9 Å². The molecule has 0 atom stereocenters. The van der Waals surface area contributed by atoms with E-state index in [1.807, 2.05) is 24.3 Å². The maximum Gasteiger partial charge on any atom is 0.258 e. The highest BCUT2D eigenvalue weighted by molar-refractivity contribution is 14.1. The van der Waals surface area contributed by atoms with Crippen molar-refractivity contribution in [2.24, 2.45) is 0 Å². The highest BCUT2D eigenvalue weighted by Gasteiger charge is 2.14. The maximum absolute atomic E-state index is 12.4. The molecule has 0 saturated heterocycles. The van der Waals surface area contributed by atoms with Gasteiger partial charge in [0.05, 0.1) is 5.56 Å². The van der Waals surface area contributed by atoms with Crippen LogP contribution in [0.1, 0.15) is 24.2 Å². The van der Waals surface area contributed by atoms with Gasteiger partial charge in [-0.25, -0.2) is 4.98 Å². The molecular weight excluding hydrogens is 383 g/mol. The summed E-state index contributed by atoms with van der Waals surface area (Å²) in [6.07, 6.45) is 1.72. The molecule has 1 aromatic heterocycles. The molecule has 0 unspecified atom stereocenters. The maximum atomic E-state index is 12.4. The Kier molecular flexibility index (Phi) is 5.42. The van der Waals surface area contributed by atoms with Crippen LogP contribution in [-0.4, -0.2) is 16.1 Å². The SMILES string of the molecule is CC(C)Sc1ncccc1C(=O)Nc1cccc(I)c1. The largest absolute Gasteiger partial charge is 0.322 e. The van der Waals surface area contributed by atoms with Crippen molar-refractivity contribution < 1.29 is 4.79 Å². The van der Waals surface area contributed by atoms with Crippen molar-refractivity contribution in [3.8, 4) is 0 Å². The Hall–Kier alpha value is -1.08. The lowest BCUT2D eigenvalue weighted by atomic mass is 10.2. The van der Waals surface area contributed by atoms with Crippen molar-refractivity contribution in [3.63, 3.8) is 0 Å². The Morgan fingerprint density at radius 3 is 2.80 bits per heavy atom. The molecule has 0 spiro atoms. The van der Waals surface area contributed by atoms with Crippen LogP contribution in [0.5, 0.6) is 0 Å². The van der Waals surface area contributed by atoms with Gasteiger partial charge >= 0.3 is 0 Å². The van der Waals surface area contributed by atoms with E-state index in [0.29, 0.717) is 10.8 Å². The number of carbonyl (C=O) groups is 1. The van der Waals surface area contributed by atoms with E-state index >= 15 is 0 Å². The van der Waals surface area contributed by atoms with Gasteiger partial charge < -0.3 is 5.32 Å². The van der Waals surface area contributed by atoms with Crippen LogP contribution in [0.4, 0.5) is 5.69 Å². The minimum atomic E-state index is -0.122. The van der Waals surface area contributed by atoms with Gasteiger partial charge in [0, 0.05) is 20.7 Å². The van der Waals surface area contributed by atoms with Gasteiger partial charge in [0.25, 0.3) is 5.91 Å². The molecule has 5 heteroatoms. The van der Waals surface area contributed by atoms with Crippen molar-refractivity contribution in [1.82, 2.24) is 4.98 Å². The summed E-state index contributed by atoms with van der Waals surface area (Å²) in [7, 11) is 0. The van der Waals surface area contributed by atoms with Crippen LogP contribution in [0.15, 0.2) is 47.6 Å². The van der Waals surface area contributed by atoms with Gasteiger partial charge in [0.1, 0.15) is 5.03 Å². The molecule has 0 aliphatic rings. The first-order valence-electron chi connectivity index (χ1n) is 6.25. The molecule has 0 radical (unpaired) electrons. The fourth-order valence-corrected chi connectivity index (χ4v) is 3.04. The first-order chi connectivity index (χ1) is 9.56. The Labute approximate surface area is 136 Å². The van der Waals surface area contributed by atoms with E-state index in [0.717, 1.165) is 14.3 Å². The Balaban J connectivity index is 2.21. The van der Waals surface area contributed by atoms with E-state index in [-0.39, 0.29) is 5.91 Å². The number of nitrogens with one attached hydrogen (secondary N) is 1. The lowest BCUT2D eigenvalue weighted by Gasteiger charge is -2.10. The predicted molar refractivity (Wildman–Crippen MR) is 92.3 cm³/mol. The summed E-state index contributed by atoms with van der Waals surface area (Å²) in [6.45, 7) is 4.17. The highest BCUT2D eigenvalue weighted by Crippen LogP contribution is 2.25. The predicted octanol–water partition coefficient (Wildman–Crippen LogP) is 4.44. The van der Waals surface area contributed by atoms with Gasteiger partial charge in [-0.3, -0.25) is 4.79 Å². The van der Waals surface area contributed by atoms with Crippen molar-refractivity contribution in [2.75, 3.05) is 5.32 Å². The minimum absolute atomic E-state index is 0.122. The number of benzene rings is 1. The lowest BCUT2D eigenvalue weighted by molar-refractivity contribution is 0.102. The van der Waals surface area contributed by atoms with Gasteiger partial charge in [0.15, 0.2) is 0 Å². The summed E-state index contributed by atoms with van der Waals surface area (Å²) in [6, 6.07) is 11.3. The third-order valence-corrected chi connectivity index (χ3v) is 4.14. The molecule has 3 nitrogen and oxygen atoms in total. The van der Waals surface area contributed by atoms with E-state index in [1.54, 1.807) is 30.1 Å². The summed E-state index contributed by atoms with van der Waals surface area (Å²) < 4.78 is 1.09. The van der Waals surface area contributed by atoms with Crippen LogP contribution in [0.3, 0.4) is 0 Å². The summed E-state index contributed by atoms with van der Waals surface area (Å²) in [5.74, 6) is -0.122. The third-order valence-electron chi connectivity index (χ3n) is 2.45.